The van der Waals surface area contributed by atoms with Gasteiger partial charge in [-0.3, -0.25) is 4.79 Å². The lowest BCUT2D eigenvalue weighted by Gasteiger charge is -2.17. The Morgan fingerprint density at radius 1 is 1.50 bits per heavy atom. The number of benzene rings is 1. The Bertz CT molecular complexity index is 415. The number of aldehydes is 1. The molecule has 1 saturated heterocycles. The lowest BCUT2D eigenvalue weighted by Crippen LogP contribution is -2.19. The van der Waals surface area contributed by atoms with E-state index in [1.807, 2.05) is 0 Å². The first-order chi connectivity index (χ1) is 7.53. The number of halogens is 1. The molecule has 0 radical (unpaired) electrons. The van der Waals surface area contributed by atoms with Gasteiger partial charge in [-0.2, -0.15) is 0 Å². The average Bonchev–Trinajstić information content (AvgIpc) is 2.59. The van der Waals surface area contributed by atoms with Gasteiger partial charge in [0.05, 0.1) is 12.2 Å². The zero-order valence-corrected chi connectivity index (χ0v) is 9.20. The van der Waals surface area contributed by atoms with Crippen LogP contribution >= 0.6 is 0 Å². The molecular formula is C12H13FO3. The van der Waals surface area contributed by atoms with E-state index in [-0.39, 0.29) is 5.56 Å². The Morgan fingerprint density at radius 3 is 2.81 bits per heavy atom. The minimum absolute atomic E-state index is 0.0470. The van der Waals surface area contributed by atoms with Gasteiger partial charge in [0.2, 0.25) is 0 Å². The number of ether oxygens (including phenoxy) is 2. The maximum atomic E-state index is 13.8. The van der Waals surface area contributed by atoms with Crippen LogP contribution in [-0.4, -0.2) is 18.7 Å². The van der Waals surface area contributed by atoms with Gasteiger partial charge in [-0.05, 0) is 19.9 Å². The molecule has 3 nitrogen and oxygen atoms in total. The van der Waals surface area contributed by atoms with E-state index in [1.54, 1.807) is 26.0 Å². The molecule has 0 saturated carbocycles. The van der Waals surface area contributed by atoms with Gasteiger partial charge in [-0.15, -0.1) is 0 Å². The van der Waals surface area contributed by atoms with Crippen molar-refractivity contribution in [2.45, 2.75) is 25.7 Å². The molecule has 0 spiro atoms. The van der Waals surface area contributed by atoms with Gasteiger partial charge in [-0.1, -0.05) is 12.1 Å². The minimum Gasteiger partial charge on any atom is -0.347 e. The van der Waals surface area contributed by atoms with Crippen molar-refractivity contribution in [1.29, 1.82) is 0 Å². The smallest absolute Gasteiger partial charge is 0.163 e. The number of rotatable bonds is 2. The van der Waals surface area contributed by atoms with Crippen molar-refractivity contribution in [1.82, 2.24) is 0 Å². The fourth-order valence-corrected chi connectivity index (χ4v) is 1.75. The van der Waals surface area contributed by atoms with Gasteiger partial charge in [0, 0.05) is 5.56 Å². The van der Waals surface area contributed by atoms with Crippen molar-refractivity contribution in [3.63, 3.8) is 0 Å². The molecule has 1 aromatic rings. The van der Waals surface area contributed by atoms with E-state index in [2.05, 4.69) is 0 Å². The van der Waals surface area contributed by atoms with E-state index in [0.717, 1.165) is 0 Å². The van der Waals surface area contributed by atoms with E-state index < -0.39 is 17.7 Å². The molecule has 1 fully saturated rings. The second kappa shape index (κ2) is 3.96. The summed E-state index contributed by atoms with van der Waals surface area (Å²) in [7, 11) is 0. The molecular weight excluding hydrogens is 211 g/mol. The molecule has 1 aliphatic rings. The molecule has 1 unspecified atom stereocenters. The standard InChI is InChI=1S/C12H13FO3/c1-12(2)15-7-10(16-12)9-5-3-4-8(6-14)11(9)13/h3-6,10H,7H2,1-2H3. The summed E-state index contributed by atoms with van der Waals surface area (Å²) in [6.07, 6.45) is 0.0506. The van der Waals surface area contributed by atoms with Crippen molar-refractivity contribution in [2.75, 3.05) is 6.61 Å². The second-order valence-electron chi connectivity index (χ2n) is 4.19. The maximum absolute atomic E-state index is 13.8. The molecule has 0 aromatic heterocycles. The van der Waals surface area contributed by atoms with Gasteiger partial charge in [0.1, 0.15) is 11.9 Å². The third kappa shape index (κ3) is 1.99. The van der Waals surface area contributed by atoms with Crippen molar-refractivity contribution in [3.8, 4) is 0 Å². The van der Waals surface area contributed by atoms with Crippen LogP contribution in [0.2, 0.25) is 0 Å². The van der Waals surface area contributed by atoms with E-state index in [9.17, 15) is 9.18 Å². The largest absolute Gasteiger partial charge is 0.347 e. The molecule has 86 valence electrons. The first-order valence-corrected chi connectivity index (χ1v) is 5.09. The van der Waals surface area contributed by atoms with E-state index >= 15 is 0 Å². The zero-order valence-electron chi connectivity index (χ0n) is 9.20. The molecule has 0 amide bonds. The fourth-order valence-electron chi connectivity index (χ4n) is 1.75. The topological polar surface area (TPSA) is 35.5 Å². The van der Waals surface area contributed by atoms with Gasteiger partial charge in [-0.25, -0.2) is 4.39 Å². The van der Waals surface area contributed by atoms with Crippen LogP contribution in [0, 0.1) is 5.82 Å². The lowest BCUT2D eigenvalue weighted by molar-refractivity contribution is -0.139. The Morgan fingerprint density at radius 2 is 2.25 bits per heavy atom. The van der Waals surface area contributed by atoms with Gasteiger partial charge >= 0.3 is 0 Å². The zero-order chi connectivity index (χ0) is 11.8. The summed E-state index contributed by atoms with van der Waals surface area (Å²) in [6, 6.07) is 4.68. The summed E-state index contributed by atoms with van der Waals surface area (Å²) < 4.78 is 24.7. The first-order valence-electron chi connectivity index (χ1n) is 5.09. The summed E-state index contributed by atoms with van der Waals surface area (Å²) in [6.45, 7) is 3.84. The highest BCUT2D eigenvalue weighted by atomic mass is 19.1. The molecule has 1 aliphatic heterocycles. The van der Waals surface area contributed by atoms with Gasteiger partial charge < -0.3 is 9.47 Å². The predicted octanol–water partition coefficient (Wildman–Crippen LogP) is 2.46. The summed E-state index contributed by atoms with van der Waals surface area (Å²) in [5.74, 6) is -1.22. The molecule has 0 N–H and O–H groups in total. The third-order valence-corrected chi connectivity index (χ3v) is 2.54. The van der Waals surface area contributed by atoms with Crippen molar-refractivity contribution >= 4 is 6.29 Å². The number of carbonyl (C=O) groups is 1. The molecule has 16 heavy (non-hydrogen) atoms. The van der Waals surface area contributed by atoms with Crippen LogP contribution in [0.25, 0.3) is 0 Å². The number of hydrogen-bond acceptors (Lipinski definition) is 3. The predicted molar refractivity (Wildman–Crippen MR) is 55.6 cm³/mol. The molecule has 0 aliphatic carbocycles. The first kappa shape index (κ1) is 11.2. The Balaban J connectivity index is 2.32. The normalized spacial score (nSPS) is 23.3. The van der Waals surface area contributed by atoms with Gasteiger partial charge in [0.25, 0.3) is 0 Å². The van der Waals surface area contributed by atoms with Crippen molar-refractivity contribution in [2.24, 2.45) is 0 Å². The molecule has 4 heteroatoms. The van der Waals surface area contributed by atoms with Crippen LogP contribution < -0.4 is 0 Å². The molecule has 2 rings (SSSR count). The van der Waals surface area contributed by atoms with Crippen molar-refractivity contribution in [3.05, 3.63) is 35.1 Å². The molecule has 1 atom stereocenters. The van der Waals surface area contributed by atoms with Crippen LogP contribution in [0.3, 0.4) is 0 Å². The maximum Gasteiger partial charge on any atom is 0.163 e. The molecule has 1 aromatic carbocycles. The Kier molecular flexibility index (Phi) is 2.78. The van der Waals surface area contributed by atoms with Crippen LogP contribution in [-0.2, 0) is 9.47 Å². The third-order valence-electron chi connectivity index (χ3n) is 2.54. The fraction of sp³-hybridized carbons (Fsp3) is 0.417. The summed E-state index contributed by atoms with van der Waals surface area (Å²) in [5, 5.41) is 0. The van der Waals surface area contributed by atoms with Crippen LogP contribution in [0.5, 0.6) is 0 Å². The second-order valence-corrected chi connectivity index (χ2v) is 4.19. The average molecular weight is 224 g/mol. The SMILES string of the molecule is CC1(C)OCC(c2cccc(C=O)c2F)O1. The van der Waals surface area contributed by atoms with Crippen LogP contribution in [0.1, 0.15) is 35.9 Å². The minimum atomic E-state index is -0.700. The number of carbonyl (C=O) groups excluding carboxylic acids is 1. The van der Waals surface area contributed by atoms with E-state index in [1.165, 1.54) is 6.07 Å². The monoisotopic (exact) mass is 224 g/mol. The number of hydrogen-bond donors (Lipinski definition) is 0. The highest BCUT2D eigenvalue weighted by Gasteiger charge is 2.35. The quantitative estimate of drug-likeness (QED) is 0.724. The van der Waals surface area contributed by atoms with Crippen molar-refractivity contribution < 1.29 is 18.7 Å². The van der Waals surface area contributed by atoms with E-state index in [0.29, 0.717) is 18.5 Å². The van der Waals surface area contributed by atoms with Crippen LogP contribution in [0.4, 0.5) is 4.39 Å². The Labute approximate surface area is 93.2 Å². The van der Waals surface area contributed by atoms with E-state index in [4.69, 9.17) is 9.47 Å². The van der Waals surface area contributed by atoms with Crippen LogP contribution in [0.15, 0.2) is 18.2 Å². The molecule has 0 bridgehead atoms. The Hall–Kier alpha value is -1.26. The highest BCUT2D eigenvalue weighted by molar-refractivity contribution is 5.75. The molecule has 1 heterocycles. The summed E-state index contributed by atoms with van der Waals surface area (Å²) >= 11 is 0. The summed E-state index contributed by atoms with van der Waals surface area (Å²) in [4.78, 5) is 10.6. The highest BCUT2D eigenvalue weighted by Crippen LogP contribution is 2.34. The summed E-state index contributed by atoms with van der Waals surface area (Å²) in [5.41, 5.74) is 0.418. The lowest BCUT2D eigenvalue weighted by atomic mass is 10.1. The van der Waals surface area contributed by atoms with Gasteiger partial charge in [0.15, 0.2) is 12.1 Å².